The minimum atomic E-state index is -0.909. The summed E-state index contributed by atoms with van der Waals surface area (Å²) in [6.45, 7) is 4.71. The number of aromatic nitrogens is 3. The van der Waals surface area contributed by atoms with Crippen molar-refractivity contribution in [3.8, 4) is 12.3 Å². The Bertz CT molecular complexity index is 1840. The molecule has 2 aromatic heterocycles. The maximum Gasteiger partial charge on any atom is 0.413 e. The molecule has 46 heavy (non-hydrogen) atoms. The number of imidazole rings is 1. The molecule has 4 aliphatic rings. The zero-order valence-corrected chi connectivity index (χ0v) is 27.3. The number of carbonyl (C=O) groups is 1. The third-order valence-corrected chi connectivity index (χ3v) is 12.5. The van der Waals surface area contributed by atoms with Gasteiger partial charge in [0.05, 0.1) is 24.3 Å². The number of methoxy groups -OCH3 is 1. The molecule has 8 rings (SSSR count). The van der Waals surface area contributed by atoms with Crippen LogP contribution in [0.25, 0.3) is 17.1 Å². The van der Waals surface area contributed by atoms with Crippen molar-refractivity contribution in [3.63, 3.8) is 0 Å². The Morgan fingerprint density at radius 2 is 1.93 bits per heavy atom. The molecule has 4 aliphatic carbocycles. The molecule has 1 amide bonds. The number of amides is 1. The zero-order chi connectivity index (χ0) is 32.1. The fourth-order valence-corrected chi connectivity index (χ4v) is 9.90. The zero-order valence-electron chi connectivity index (χ0n) is 26.5. The Hall–Kier alpha value is -4.00. The van der Waals surface area contributed by atoms with Crippen LogP contribution in [-0.4, -0.2) is 39.0 Å². The second kappa shape index (κ2) is 11.7. The lowest BCUT2D eigenvalue weighted by Crippen LogP contribution is -2.54. The molecule has 4 aromatic rings. The van der Waals surface area contributed by atoms with Crippen molar-refractivity contribution in [2.24, 2.45) is 28.6 Å². The molecule has 8 nitrogen and oxygen atoms in total. The molecule has 3 N–H and O–H groups in total. The third kappa shape index (κ3) is 5.12. The van der Waals surface area contributed by atoms with Crippen LogP contribution in [-0.2, 0) is 11.2 Å². The number of rotatable bonds is 3. The second-order valence-corrected chi connectivity index (χ2v) is 14.8. The number of aliphatic hydroxyl groups is 1. The van der Waals surface area contributed by atoms with E-state index in [-0.39, 0.29) is 10.8 Å². The molecule has 6 unspecified atom stereocenters. The van der Waals surface area contributed by atoms with Crippen LogP contribution >= 0.6 is 11.8 Å². The number of allylic oxidation sites excluding steroid dienone is 1. The summed E-state index contributed by atoms with van der Waals surface area (Å²) in [7, 11) is 1.31. The third-order valence-electron chi connectivity index (χ3n) is 11.5. The molecule has 0 spiro atoms. The lowest BCUT2D eigenvalue weighted by molar-refractivity contribution is -0.0975. The molecule has 3 saturated carbocycles. The normalized spacial score (nSPS) is 30.8. The van der Waals surface area contributed by atoms with Crippen molar-refractivity contribution >= 4 is 40.9 Å². The van der Waals surface area contributed by atoms with E-state index in [9.17, 15) is 9.90 Å². The number of hydrogen-bond acceptors (Lipinski definition) is 7. The standard InChI is InChI=1S/C22H27NO2.C15H13N3O2S/c1-4-22(24)10-8-18-16-6-5-15-11-19-14(13-23-25-19)12-20(15,2)17(16)7-9-21(18,22)3;1-20-15(19)18-14-16-12-8-7-11(9-13(12)17-14)21-10-5-3-2-4-6-10/h1,11,13,16-18,24H,5-10,12H2,2-3H3;2-9H,1H3,(H2,16,17,18,19). The number of nitrogens with one attached hydrogen (secondary N) is 2. The first-order valence-corrected chi connectivity index (χ1v) is 16.9. The lowest BCUT2D eigenvalue weighted by atomic mass is 9.46. The van der Waals surface area contributed by atoms with Crippen LogP contribution < -0.4 is 5.32 Å². The first kappa shape index (κ1) is 30.6. The number of anilines is 1. The first-order chi connectivity index (χ1) is 22.2. The molecule has 0 aliphatic heterocycles. The number of nitrogens with zero attached hydrogens (tertiary/aromatic N) is 2. The van der Waals surface area contributed by atoms with Crippen LogP contribution in [0.1, 0.15) is 63.7 Å². The Morgan fingerprint density at radius 1 is 1.13 bits per heavy atom. The van der Waals surface area contributed by atoms with Gasteiger partial charge in [0.25, 0.3) is 0 Å². The van der Waals surface area contributed by atoms with Crippen LogP contribution in [0.5, 0.6) is 0 Å². The maximum absolute atomic E-state index is 11.2. The molecule has 2 heterocycles. The van der Waals surface area contributed by atoms with Gasteiger partial charge in [-0.15, -0.1) is 6.42 Å². The summed E-state index contributed by atoms with van der Waals surface area (Å²) in [4.78, 5) is 20.8. The van der Waals surface area contributed by atoms with E-state index < -0.39 is 11.7 Å². The van der Waals surface area contributed by atoms with Crippen molar-refractivity contribution in [2.75, 3.05) is 12.4 Å². The number of carbonyl (C=O) groups excluding carboxylic acids is 1. The van der Waals surface area contributed by atoms with E-state index in [1.165, 1.54) is 24.0 Å². The van der Waals surface area contributed by atoms with Gasteiger partial charge in [0.1, 0.15) is 5.60 Å². The van der Waals surface area contributed by atoms with Gasteiger partial charge in [0.15, 0.2) is 5.76 Å². The number of aromatic amines is 1. The highest BCUT2D eigenvalue weighted by atomic mass is 32.2. The predicted molar refractivity (Wildman–Crippen MR) is 179 cm³/mol. The summed E-state index contributed by atoms with van der Waals surface area (Å²) in [6.07, 6.45) is 16.8. The number of benzene rings is 2. The summed E-state index contributed by atoms with van der Waals surface area (Å²) in [5.41, 5.74) is 3.64. The van der Waals surface area contributed by atoms with Gasteiger partial charge in [-0.25, -0.2) is 9.78 Å². The summed E-state index contributed by atoms with van der Waals surface area (Å²) >= 11 is 1.67. The van der Waals surface area contributed by atoms with Gasteiger partial charge in [-0.05, 0) is 105 Å². The van der Waals surface area contributed by atoms with Gasteiger partial charge in [-0.2, -0.15) is 0 Å². The molecule has 6 atom stereocenters. The van der Waals surface area contributed by atoms with Gasteiger partial charge in [0.2, 0.25) is 5.95 Å². The lowest BCUT2D eigenvalue weighted by Gasteiger charge is -2.58. The van der Waals surface area contributed by atoms with Crippen LogP contribution in [0.4, 0.5) is 10.7 Å². The highest BCUT2D eigenvalue weighted by molar-refractivity contribution is 7.99. The molecular weight excluding hydrogens is 596 g/mol. The maximum atomic E-state index is 11.2. The van der Waals surface area contributed by atoms with Gasteiger partial charge in [-0.1, -0.05) is 60.5 Å². The van der Waals surface area contributed by atoms with E-state index in [0.717, 1.165) is 60.2 Å². The van der Waals surface area contributed by atoms with E-state index in [0.29, 0.717) is 23.7 Å². The van der Waals surface area contributed by atoms with Crippen LogP contribution in [0, 0.1) is 40.9 Å². The summed E-state index contributed by atoms with van der Waals surface area (Å²) in [5.74, 6) is 6.01. The quantitative estimate of drug-likeness (QED) is 0.195. The van der Waals surface area contributed by atoms with Crippen molar-refractivity contribution in [1.82, 2.24) is 15.1 Å². The van der Waals surface area contributed by atoms with Gasteiger partial charge >= 0.3 is 6.09 Å². The van der Waals surface area contributed by atoms with E-state index in [2.05, 4.69) is 63.2 Å². The number of H-pyrrole nitrogens is 1. The molecule has 238 valence electrons. The fraction of sp³-hybridized carbons (Fsp3) is 0.432. The SMILES string of the molecule is C#CC1(O)CCC2C3CCC4=Cc5oncc5CC4(C)C3CCC21C.COC(=O)Nc1nc2ccc(Sc3ccccc3)cc2[nH]1. The molecule has 3 fully saturated rings. The van der Waals surface area contributed by atoms with Crippen LogP contribution in [0.2, 0.25) is 0 Å². The molecule has 2 aromatic carbocycles. The van der Waals surface area contributed by atoms with E-state index in [1.54, 1.807) is 17.3 Å². The number of ether oxygens (including phenoxy) is 1. The van der Waals surface area contributed by atoms with E-state index >= 15 is 0 Å². The van der Waals surface area contributed by atoms with Crippen molar-refractivity contribution in [2.45, 2.75) is 74.2 Å². The Balaban J connectivity index is 0.000000150. The average molecular weight is 637 g/mol. The van der Waals surface area contributed by atoms with Crippen molar-refractivity contribution in [1.29, 1.82) is 0 Å². The van der Waals surface area contributed by atoms with Gasteiger partial charge in [-0.3, -0.25) is 5.32 Å². The number of terminal acetylenes is 1. The molecular formula is C37H40N4O4S. The molecule has 0 bridgehead atoms. The second-order valence-electron chi connectivity index (χ2n) is 13.7. The fourth-order valence-electron chi connectivity index (χ4n) is 9.02. The summed E-state index contributed by atoms with van der Waals surface area (Å²) < 4.78 is 9.97. The minimum absolute atomic E-state index is 0.114. The minimum Gasteiger partial charge on any atom is -0.453 e. The van der Waals surface area contributed by atoms with Crippen molar-refractivity contribution < 1.29 is 19.2 Å². The van der Waals surface area contributed by atoms with E-state index in [4.69, 9.17) is 10.9 Å². The van der Waals surface area contributed by atoms with E-state index in [1.807, 2.05) is 42.6 Å². The Morgan fingerprint density at radius 3 is 2.72 bits per heavy atom. The van der Waals surface area contributed by atoms with Gasteiger partial charge in [0, 0.05) is 20.8 Å². The monoisotopic (exact) mass is 636 g/mol. The van der Waals surface area contributed by atoms with Crippen LogP contribution in [0.3, 0.4) is 0 Å². The summed E-state index contributed by atoms with van der Waals surface area (Å²) in [6, 6.07) is 16.1. The number of fused-ring (bicyclic) bond motifs is 7. The number of hydrogen-bond donors (Lipinski definition) is 3. The first-order valence-electron chi connectivity index (χ1n) is 16.1. The van der Waals surface area contributed by atoms with Crippen LogP contribution in [0.15, 0.2) is 74.6 Å². The molecule has 0 saturated heterocycles. The highest BCUT2D eigenvalue weighted by Crippen LogP contribution is 2.67. The summed E-state index contributed by atoms with van der Waals surface area (Å²) in [5, 5.41) is 17.6. The topological polar surface area (TPSA) is 113 Å². The van der Waals surface area contributed by atoms with Crippen molar-refractivity contribution in [3.05, 3.63) is 71.6 Å². The molecule has 9 heteroatoms. The van der Waals surface area contributed by atoms with Gasteiger partial charge < -0.3 is 19.4 Å². The average Bonchev–Trinajstić information content (AvgIpc) is 3.75. The Kier molecular flexibility index (Phi) is 7.77. The highest BCUT2D eigenvalue weighted by Gasteiger charge is 2.63. The largest absolute Gasteiger partial charge is 0.453 e. The predicted octanol–water partition coefficient (Wildman–Crippen LogP) is 8.11. The smallest absolute Gasteiger partial charge is 0.413 e. The Labute approximate surface area is 273 Å². The molecule has 0 radical (unpaired) electrons.